The quantitative estimate of drug-likeness (QED) is 0.391. The third-order valence-corrected chi connectivity index (χ3v) is 2.55. The maximum absolute atomic E-state index is 8.51. The molecule has 60 valence electrons. The van der Waals surface area contributed by atoms with Crippen LogP contribution in [-0.4, -0.2) is 10.9 Å². The fourth-order valence-electron chi connectivity index (χ4n) is 1.04. The molecular formula is C8H11NOS. The molecule has 2 nitrogen and oxygen atoms in total. The van der Waals surface area contributed by atoms with E-state index < -0.39 is 0 Å². The zero-order valence-corrected chi connectivity index (χ0v) is 7.70. The Bertz CT molecular complexity index is 288. The Morgan fingerprint density at radius 1 is 1.55 bits per heavy atom. The lowest BCUT2D eigenvalue weighted by Crippen LogP contribution is -1.92. The first-order valence-electron chi connectivity index (χ1n) is 3.41. The van der Waals surface area contributed by atoms with Crippen molar-refractivity contribution in [2.45, 2.75) is 20.8 Å². The number of hydrogen-bond donors (Lipinski definition) is 1. The Kier molecular flexibility index (Phi) is 2.29. The lowest BCUT2D eigenvalue weighted by Gasteiger charge is -1.93. The molecule has 1 N–H and O–H groups in total. The maximum Gasteiger partial charge on any atom is 0.0848 e. The highest BCUT2D eigenvalue weighted by Gasteiger charge is 2.05. The maximum atomic E-state index is 8.51. The van der Waals surface area contributed by atoms with Crippen molar-refractivity contribution in [1.29, 1.82) is 0 Å². The van der Waals surface area contributed by atoms with Gasteiger partial charge in [0.25, 0.3) is 0 Å². The smallest absolute Gasteiger partial charge is 0.0848 e. The summed E-state index contributed by atoms with van der Waals surface area (Å²) in [5.74, 6) is 0. The topological polar surface area (TPSA) is 32.6 Å². The number of nitrogens with zero attached hydrogens (tertiary/aromatic N) is 1. The molecule has 0 aliphatic carbocycles. The van der Waals surface area contributed by atoms with Gasteiger partial charge in [-0.15, -0.1) is 11.3 Å². The predicted octanol–water partition coefficient (Wildman–Crippen LogP) is 2.56. The highest BCUT2D eigenvalue weighted by molar-refractivity contribution is 7.12. The van der Waals surface area contributed by atoms with Gasteiger partial charge in [-0.25, -0.2) is 0 Å². The molecule has 0 aromatic carbocycles. The van der Waals surface area contributed by atoms with Gasteiger partial charge < -0.3 is 5.21 Å². The van der Waals surface area contributed by atoms with Crippen LogP contribution in [0.2, 0.25) is 0 Å². The molecule has 0 aliphatic rings. The van der Waals surface area contributed by atoms with Gasteiger partial charge in [-0.1, -0.05) is 5.16 Å². The van der Waals surface area contributed by atoms with Gasteiger partial charge in [-0.05, 0) is 26.8 Å². The zero-order chi connectivity index (χ0) is 8.43. The molecule has 1 heterocycles. The van der Waals surface area contributed by atoms with Crippen molar-refractivity contribution in [1.82, 2.24) is 0 Å². The molecule has 0 atom stereocenters. The van der Waals surface area contributed by atoms with E-state index in [9.17, 15) is 0 Å². The van der Waals surface area contributed by atoms with Crippen molar-refractivity contribution >= 4 is 17.0 Å². The number of oxime groups is 1. The van der Waals surface area contributed by atoms with Gasteiger partial charge in [-0.3, -0.25) is 0 Å². The average Bonchev–Trinajstić information content (AvgIpc) is 2.28. The van der Waals surface area contributed by atoms with E-state index in [2.05, 4.69) is 5.16 Å². The van der Waals surface area contributed by atoms with Gasteiger partial charge in [0.2, 0.25) is 0 Å². The van der Waals surface area contributed by atoms with E-state index in [0.717, 1.165) is 5.56 Å². The lowest BCUT2D eigenvalue weighted by atomic mass is 10.2. The molecule has 1 aromatic heterocycles. The van der Waals surface area contributed by atoms with Gasteiger partial charge in [-0.2, -0.15) is 0 Å². The van der Waals surface area contributed by atoms with E-state index in [-0.39, 0.29) is 0 Å². The third-order valence-electron chi connectivity index (χ3n) is 1.58. The Balaban J connectivity index is 3.13. The van der Waals surface area contributed by atoms with Crippen LogP contribution in [0.1, 0.15) is 22.2 Å². The molecule has 0 radical (unpaired) electrons. The van der Waals surface area contributed by atoms with Crippen molar-refractivity contribution in [2.24, 2.45) is 5.16 Å². The average molecular weight is 169 g/mol. The van der Waals surface area contributed by atoms with Crippen LogP contribution in [0.3, 0.4) is 0 Å². The van der Waals surface area contributed by atoms with Gasteiger partial charge >= 0.3 is 0 Å². The second-order valence-corrected chi connectivity index (χ2v) is 3.97. The minimum atomic E-state index is 0.687. The van der Waals surface area contributed by atoms with Crippen molar-refractivity contribution < 1.29 is 5.21 Å². The highest BCUT2D eigenvalue weighted by atomic mass is 32.1. The molecule has 0 fully saturated rings. The fraction of sp³-hybridized carbons (Fsp3) is 0.375. The van der Waals surface area contributed by atoms with Crippen LogP contribution in [0, 0.1) is 13.8 Å². The molecule has 0 amide bonds. The molecule has 0 saturated carbocycles. The van der Waals surface area contributed by atoms with Crippen LogP contribution in [0.4, 0.5) is 0 Å². The number of aryl methyl sites for hydroxylation is 2. The van der Waals surface area contributed by atoms with Gasteiger partial charge in [0.15, 0.2) is 0 Å². The normalized spacial score (nSPS) is 12.1. The molecule has 0 bridgehead atoms. The summed E-state index contributed by atoms with van der Waals surface area (Å²) < 4.78 is 0. The summed E-state index contributed by atoms with van der Waals surface area (Å²) >= 11 is 1.72. The summed E-state index contributed by atoms with van der Waals surface area (Å²) in [7, 11) is 0. The molecule has 0 aliphatic heterocycles. The van der Waals surface area contributed by atoms with Gasteiger partial charge in [0.05, 0.1) is 5.71 Å². The summed E-state index contributed by atoms with van der Waals surface area (Å²) in [6.45, 7) is 5.88. The van der Waals surface area contributed by atoms with Crippen molar-refractivity contribution in [3.8, 4) is 0 Å². The van der Waals surface area contributed by atoms with E-state index in [0.29, 0.717) is 5.71 Å². The van der Waals surface area contributed by atoms with Crippen LogP contribution in [0.25, 0.3) is 0 Å². The Labute approximate surface area is 70.2 Å². The van der Waals surface area contributed by atoms with Crippen LogP contribution < -0.4 is 0 Å². The second kappa shape index (κ2) is 3.05. The largest absolute Gasteiger partial charge is 0.411 e. The summed E-state index contributed by atoms with van der Waals surface area (Å²) in [6.07, 6.45) is 0. The SMILES string of the molecule is CC(=NO)c1cc(C)sc1C. The third kappa shape index (κ3) is 1.60. The molecule has 0 saturated heterocycles. The van der Waals surface area contributed by atoms with E-state index in [1.54, 1.807) is 18.3 Å². The Hall–Kier alpha value is -0.830. The van der Waals surface area contributed by atoms with Crippen LogP contribution >= 0.6 is 11.3 Å². The van der Waals surface area contributed by atoms with Crippen molar-refractivity contribution in [3.05, 3.63) is 21.4 Å². The first kappa shape index (κ1) is 8.27. The number of hydrogen-bond acceptors (Lipinski definition) is 3. The van der Waals surface area contributed by atoms with Crippen LogP contribution in [0.5, 0.6) is 0 Å². The second-order valence-electron chi connectivity index (χ2n) is 2.51. The van der Waals surface area contributed by atoms with E-state index in [4.69, 9.17) is 5.21 Å². The molecule has 0 unspecified atom stereocenters. The Morgan fingerprint density at radius 3 is 2.55 bits per heavy atom. The minimum absolute atomic E-state index is 0.687. The first-order valence-corrected chi connectivity index (χ1v) is 4.23. The van der Waals surface area contributed by atoms with E-state index in [1.165, 1.54) is 9.75 Å². The molecule has 1 rings (SSSR count). The molecule has 3 heteroatoms. The molecule has 0 spiro atoms. The molecular weight excluding hydrogens is 158 g/mol. The minimum Gasteiger partial charge on any atom is -0.411 e. The fourth-order valence-corrected chi connectivity index (χ4v) is 2.02. The predicted molar refractivity (Wildman–Crippen MR) is 47.8 cm³/mol. The highest BCUT2D eigenvalue weighted by Crippen LogP contribution is 2.20. The summed E-state index contributed by atoms with van der Waals surface area (Å²) in [4.78, 5) is 2.46. The van der Waals surface area contributed by atoms with Gasteiger partial charge in [0.1, 0.15) is 0 Å². The molecule has 11 heavy (non-hydrogen) atoms. The van der Waals surface area contributed by atoms with E-state index >= 15 is 0 Å². The van der Waals surface area contributed by atoms with E-state index in [1.807, 2.05) is 19.9 Å². The first-order chi connectivity index (χ1) is 5.15. The van der Waals surface area contributed by atoms with Crippen LogP contribution in [0.15, 0.2) is 11.2 Å². The molecule has 1 aromatic rings. The van der Waals surface area contributed by atoms with Crippen LogP contribution in [-0.2, 0) is 0 Å². The summed E-state index contributed by atoms with van der Waals surface area (Å²) in [5, 5.41) is 11.7. The monoisotopic (exact) mass is 169 g/mol. The number of rotatable bonds is 1. The number of thiophene rings is 1. The van der Waals surface area contributed by atoms with Crippen molar-refractivity contribution in [2.75, 3.05) is 0 Å². The van der Waals surface area contributed by atoms with Gasteiger partial charge in [0, 0.05) is 15.3 Å². The standard InChI is InChI=1S/C8H11NOS/c1-5-4-8(6(2)9-10)7(3)11-5/h4,10H,1-3H3. The lowest BCUT2D eigenvalue weighted by molar-refractivity contribution is 0.319. The Morgan fingerprint density at radius 2 is 2.18 bits per heavy atom. The summed E-state index contributed by atoms with van der Waals surface area (Å²) in [5.41, 5.74) is 1.74. The summed E-state index contributed by atoms with van der Waals surface area (Å²) in [6, 6.07) is 2.04. The zero-order valence-electron chi connectivity index (χ0n) is 6.88. The van der Waals surface area contributed by atoms with Crippen molar-refractivity contribution in [3.63, 3.8) is 0 Å².